The first-order valence-corrected chi connectivity index (χ1v) is 12.4. The predicted molar refractivity (Wildman–Crippen MR) is 116 cm³/mol. The van der Waals surface area contributed by atoms with Crippen molar-refractivity contribution in [2.45, 2.75) is 104 Å². The van der Waals surface area contributed by atoms with Gasteiger partial charge in [-0.05, 0) is 105 Å². The second-order valence-corrected chi connectivity index (χ2v) is 11.5. The summed E-state index contributed by atoms with van der Waals surface area (Å²) in [6.07, 6.45) is 17.9. The Morgan fingerprint density at radius 1 is 1.07 bits per heavy atom. The molecule has 0 aromatic heterocycles. The van der Waals surface area contributed by atoms with Crippen molar-refractivity contribution in [3.05, 3.63) is 11.6 Å². The average Bonchev–Trinajstić information content (AvgIpc) is 3.02. The van der Waals surface area contributed by atoms with Crippen LogP contribution in [-0.2, 0) is 0 Å². The highest BCUT2D eigenvalue weighted by molar-refractivity contribution is 5.25. The number of allylic oxidation sites excluding steroid dienone is 1. The highest BCUT2D eigenvalue weighted by atomic mass is 16.3. The minimum absolute atomic E-state index is 0.0888. The summed E-state index contributed by atoms with van der Waals surface area (Å²) in [5, 5.41) is 19.4. The number of fused-ring (bicyclic) bond motifs is 5. The molecule has 3 saturated carbocycles. The molecule has 28 heavy (non-hydrogen) atoms. The van der Waals surface area contributed by atoms with Crippen LogP contribution in [0.3, 0.4) is 0 Å². The largest absolute Gasteiger partial charge is 0.396 e. The number of hydrogen-bond donors (Lipinski definition) is 2. The predicted octanol–water partition coefficient (Wildman–Crippen LogP) is 6.12. The Morgan fingerprint density at radius 3 is 2.68 bits per heavy atom. The zero-order chi connectivity index (χ0) is 19.9. The third-order valence-electron chi connectivity index (χ3n) is 10.1. The number of unbranched alkanes of at least 4 members (excludes halogenated alkanes) is 1. The van der Waals surface area contributed by atoms with Gasteiger partial charge in [-0.1, -0.05) is 45.3 Å². The molecule has 0 aromatic carbocycles. The molecule has 0 aliphatic heterocycles. The first-order chi connectivity index (χ1) is 13.4. The molecule has 8 atom stereocenters. The van der Waals surface area contributed by atoms with Gasteiger partial charge in [0.2, 0.25) is 0 Å². The summed E-state index contributed by atoms with van der Waals surface area (Å²) in [5.74, 6) is 4.08. The molecule has 0 radical (unpaired) electrons. The summed E-state index contributed by atoms with van der Waals surface area (Å²) in [5.41, 5.74) is 2.55. The van der Waals surface area contributed by atoms with Gasteiger partial charge >= 0.3 is 0 Å². The molecule has 4 rings (SSSR count). The van der Waals surface area contributed by atoms with Gasteiger partial charge < -0.3 is 10.2 Å². The molecule has 160 valence electrons. The van der Waals surface area contributed by atoms with Crippen molar-refractivity contribution >= 4 is 0 Å². The van der Waals surface area contributed by atoms with Gasteiger partial charge in [0.1, 0.15) is 0 Å². The normalized spacial score (nSPS) is 46.3. The summed E-state index contributed by atoms with van der Waals surface area (Å²) in [7, 11) is 0. The third kappa shape index (κ3) is 3.51. The van der Waals surface area contributed by atoms with Crippen molar-refractivity contribution in [2.75, 3.05) is 6.61 Å². The summed E-state index contributed by atoms with van der Waals surface area (Å²) in [4.78, 5) is 0. The lowest BCUT2D eigenvalue weighted by Crippen LogP contribution is -2.50. The second-order valence-electron chi connectivity index (χ2n) is 11.5. The zero-order valence-electron chi connectivity index (χ0n) is 18.6. The van der Waals surface area contributed by atoms with Crippen molar-refractivity contribution in [2.24, 2.45) is 40.4 Å². The molecule has 2 nitrogen and oxygen atoms in total. The van der Waals surface area contributed by atoms with Crippen LogP contribution in [0, 0.1) is 40.4 Å². The van der Waals surface area contributed by atoms with Crippen LogP contribution in [0.25, 0.3) is 0 Å². The minimum atomic E-state index is -0.0888. The second kappa shape index (κ2) is 8.06. The van der Waals surface area contributed by atoms with Crippen molar-refractivity contribution in [3.8, 4) is 0 Å². The Hall–Kier alpha value is -0.340. The molecule has 7 unspecified atom stereocenters. The molecule has 0 amide bonds. The maximum Gasteiger partial charge on any atom is 0.0577 e. The standard InChI is InChI=1S/C26H44O2/c1-18(17-27)6-4-5-7-19-9-11-23-22-10-8-20-16-21(28)12-14-26(20,3)24(22)13-15-25(19,23)2/h8,18-19,21-24,27-28H,4-7,9-17H2,1-3H3/t18?,19-,21?,22?,23?,24?,25?,26?/m0/s1. The van der Waals surface area contributed by atoms with E-state index in [1.54, 1.807) is 5.57 Å². The van der Waals surface area contributed by atoms with E-state index in [1.165, 1.54) is 64.2 Å². The van der Waals surface area contributed by atoms with E-state index in [1.807, 2.05) is 0 Å². The smallest absolute Gasteiger partial charge is 0.0577 e. The van der Waals surface area contributed by atoms with Gasteiger partial charge in [0.15, 0.2) is 0 Å². The molecule has 0 spiro atoms. The quantitative estimate of drug-likeness (QED) is 0.425. The van der Waals surface area contributed by atoms with Crippen LogP contribution in [0.2, 0.25) is 0 Å². The molecular formula is C26H44O2. The van der Waals surface area contributed by atoms with Crippen LogP contribution in [0.15, 0.2) is 11.6 Å². The van der Waals surface area contributed by atoms with Gasteiger partial charge in [-0.15, -0.1) is 0 Å². The zero-order valence-corrected chi connectivity index (χ0v) is 18.6. The Labute approximate surface area is 173 Å². The van der Waals surface area contributed by atoms with E-state index in [0.29, 0.717) is 23.4 Å². The molecule has 0 aromatic rings. The number of rotatable bonds is 6. The number of aliphatic hydroxyl groups is 2. The van der Waals surface area contributed by atoms with Crippen LogP contribution in [-0.4, -0.2) is 22.9 Å². The molecule has 0 bridgehead atoms. The first-order valence-electron chi connectivity index (χ1n) is 12.4. The van der Waals surface area contributed by atoms with Gasteiger partial charge in [0, 0.05) is 6.61 Å². The van der Waals surface area contributed by atoms with Crippen LogP contribution < -0.4 is 0 Å². The highest BCUT2D eigenvalue weighted by Crippen LogP contribution is 2.66. The van der Waals surface area contributed by atoms with E-state index in [0.717, 1.165) is 36.5 Å². The fraction of sp³-hybridized carbons (Fsp3) is 0.923. The summed E-state index contributed by atoms with van der Waals surface area (Å²) >= 11 is 0. The highest BCUT2D eigenvalue weighted by Gasteiger charge is 2.58. The van der Waals surface area contributed by atoms with Crippen molar-refractivity contribution in [1.82, 2.24) is 0 Å². The SMILES string of the molecule is CC(CO)CCCC[C@H]1CCC2C3CC=C4CC(O)CCC4(C)C3CCC21C. The first kappa shape index (κ1) is 20.9. The van der Waals surface area contributed by atoms with E-state index in [2.05, 4.69) is 26.8 Å². The number of aliphatic hydroxyl groups excluding tert-OH is 2. The van der Waals surface area contributed by atoms with Crippen LogP contribution in [0.5, 0.6) is 0 Å². The van der Waals surface area contributed by atoms with E-state index in [4.69, 9.17) is 0 Å². The van der Waals surface area contributed by atoms with Gasteiger partial charge in [0.25, 0.3) is 0 Å². The van der Waals surface area contributed by atoms with Crippen molar-refractivity contribution in [3.63, 3.8) is 0 Å². The van der Waals surface area contributed by atoms with E-state index < -0.39 is 0 Å². The maximum atomic E-state index is 10.2. The number of hydrogen-bond acceptors (Lipinski definition) is 2. The van der Waals surface area contributed by atoms with E-state index >= 15 is 0 Å². The summed E-state index contributed by atoms with van der Waals surface area (Å²) < 4.78 is 0. The van der Waals surface area contributed by atoms with Gasteiger partial charge in [-0.25, -0.2) is 0 Å². The molecule has 0 heterocycles. The molecule has 3 fully saturated rings. The van der Waals surface area contributed by atoms with Gasteiger partial charge in [-0.2, -0.15) is 0 Å². The molecule has 4 aliphatic rings. The summed E-state index contributed by atoms with van der Waals surface area (Å²) in [6.45, 7) is 7.70. The lowest BCUT2D eigenvalue weighted by molar-refractivity contribution is -0.0509. The molecule has 2 heteroatoms. The molecular weight excluding hydrogens is 344 g/mol. The van der Waals surface area contributed by atoms with Crippen LogP contribution >= 0.6 is 0 Å². The Balaban J connectivity index is 1.42. The maximum absolute atomic E-state index is 10.2. The average molecular weight is 389 g/mol. The van der Waals surface area contributed by atoms with Crippen molar-refractivity contribution in [1.29, 1.82) is 0 Å². The fourth-order valence-corrected chi connectivity index (χ4v) is 8.20. The van der Waals surface area contributed by atoms with Gasteiger partial charge in [-0.3, -0.25) is 0 Å². The van der Waals surface area contributed by atoms with E-state index in [-0.39, 0.29) is 6.10 Å². The Morgan fingerprint density at radius 2 is 1.89 bits per heavy atom. The third-order valence-corrected chi connectivity index (χ3v) is 10.1. The minimum Gasteiger partial charge on any atom is -0.396 e. The molecule has 2 N–H and O–H groups in total. The lowest BCUT2D eigenvalue weighted by Gasteiger charge is -2.58. The van der Waals surface area contributed by atoms with Crippen LogP contribution in [0.1, 0.15) is 97.8 Å². The topological polar surface area (TPSA) is 40.5 Å². The lowest BCUT2D eigenvalue weighted by atomic mass is 9.47. The van der Waals surface area contributed by atoms with E-state index in [9.17, 15) is 10.2 Å². The van der Waals surface area contributed by atoms with Gasteiger partial charge in [0.05, 0.1) is 6.10 Å². The molecule has 0 saturated heterocycles. The Kier molecular flexibility index (Phi) is 6.02. The Bertz CT molecular complexity index is 583. The molecule has 4 aliphatic carbocycles. The van der Waals surface area contributed by atoms with Crippen molar-refractivity contribution < 1.29 is 10.2 Å². The monoisotopic (exact) mass is 388 g/mol. The van der Waals surface area contributed by atoms with Crippen LogP contribution in [0.4, 0.5) is 0 Å². The fourth-order valence-electron chi connectivity index (χ4n) is 8.20. The summed E-state index contributed by atoms with van der Waals surface area (Å²) in [6, 6.07) is 0.